The molecule has 0 radical (unpaired) electrons. The molecule has 17 heavy (non-hydrogen) atoms. The molecule has 5 heteroatoms. The monoisotopic (exact) mass is 240 g/mol. The summed E-state index contributed by atoms with van der Waals surface area (Å²) in [6.45, 7) is 3.20. The molecule has 0 spiro atoms. The van der Waals surface area contributed by atoms with Crippen molar-refractivity contribution in [2.24, 2.45) is 5.73 Å². The summed E-state index contributed by atoms with van der Waals surface area (Å²) < 4.78 is 31.4. The zero-order chi connectivity index (χ0) is 13.1. The first-order chi connectivity index (χ1) is 7.85. The number of hydrogen-bond donors (Lipinski definition) is 1. The fourth-order valence-electron chi connectivity index (χ4n) is 1.48. The highest BCUT2D eigenvalue weighted by Crippen LogP contribution is 2.22. The van der Waals surface area contributed by atoms with Crippen LogP contribution in [0.2, 0.25) is 0 Å². The molecular weight excluding hydrogens is 226 g/mol. The predicted molar refractivity (Wildman–Crippen MR) is 59.3 cm³/mol. The molecule has 0 saturated carbocycles. The summed E-state index contributed by atoms with van der Waals surface area (Å²) in [5.74, 6) is -2.17. The highest BCUT2D eigenvalue weighted by molar-refractivity contribution is 5.25. The van der Waals surface area contributed by atoms with Gasteiger partial charge in [0.2, 0.25) is 5.82 Å². The number of nitrogens with zero attached hydrogens (tertiary/aromatic N) is 1. The Bertz CT molecular complexity index is 441. The van der Waals surface area contributed by atoms with Crippen LogP contribution in [-0.2, 0) is 0 Å². The van der Waals surface area contributed by atoms with Crippen LogP contribution in [0.3, 0.4) is 0 Å². The van der Waals surface area contributed by atoms with Gasteiger partial charge in [0, 0.05) is 6.42 Å². The van der Waals surface area contributed by atoms with Crippen molar-refractivity contribution in [1.29, 1.82) is 5.26 Å². The van der Waals surface area contributed by atoms with E-state index in [1.165, 1.54) is 12.1 Å². The first-order valence-corrected chi connectivity index (χ1v) is 5.16. The van der Waals surface area contributed by atoms with E-state index in [1.54, 1.807) is 13.8 Å². The van der Waals surface area contributed by atoms with Gasteiger partial charge in [-0.2, -0.15) is 9.65 Å². The third kappa shape index (κ3) is 3.68. The molecule has 1 aromatic rings. The Balaban J connectivity index is 2.73. The van der Waals surface area contributed by atoms with Crippen molar-refractivity contribution in [3.8, 4) is 11.8 Å². The van der Waals surface area contributed by atoms with Gasteiger partial charge in [-0.25, -0.2) is 4.39 Å². The molecule has 0 aliphatic carbocycles. The second-order valence-electron chi connectivity index (χ2n) is 4.21. The van der Waals surface area contributed by atoms with Crippen LogP contribution in [0.25, 0.3) is 0 Å². The smallest absolute Gasteiger partial charge is 0.200 e. The van der Waals surface area contributed by atoms with Crippen molar-refractivity contribution in [3.05, 3.63) is 29.8 Å². The van der Waals surface area contributed by atoms with E-state index in [4.69, 9.17) is 15.7 Å². The van der Waals surface area contributed by atoms with E-state index in [0.717, 1.165) is 6.07 Å². The lowest BCUT2D eigenvalue weighted by atomic mass is 9.98. The minimum absolute atomic E-state index is 0.175. The summed E-state index contributed by atoms with van der Waals surface area (Å²) in [6.07, 6.45) is -0.264. The largest absolute Gasteiger partial charge is 0.487 e. The fourth-order valence-corrected chi connectivity index (χ4v) is 1.48. The van der Waals surface area contributed by atoms with Crippen LogP contribution in [0.4, 0.5) is 8.78 Å². The molecule has 0 amide bonds. The molecule has 2 unspecified atom stereocenters. The van der Waals surface area contributed by atoms with E-state index in [2.05, 4.69) is 0 Å². The van der Waals surface area contributed by atoms with Crippen molar-refractivity contribution >= 4 is 0 Å². The molecule has 0 aliphatic rings. The van der Waals surface area contributed by atoms with E-state index in [-0.39, 0.29) is 12.2 Å². The number of hydrogen-bond acceptors (Lipinski definition) is 3. The zero-order valence-corrected chi connectivity index (χ0v) is 9.71. The van der Waals surface area contributed by atoms with Crippen LogP contribution in [-0.4, -0.2) is 11.6 Å². The molecule has 0 aliphatic heterocycles. The number of rotatable bonds is 4. The summed E-state index contributed by atoms with van der Waals surface area (Å²) in [5.41, 5.74) is 4.58. The maximum absolute atomic E-state index is 13.3. The van der Waals surface area contributed by atoms with Crippen molar-refractivity contribution in [2.75, 3.05) is 0 Å². The van der Waals surface area contributed by atoms with Crippen molar-refractivity contribution in [3.63, 3.8) is 0 Å². The maximum atomic E-state index is 13.3. The third-order valence-corrected chi connectivity index (χ3v) is 2.21. The molecule has 0 fully saturated rings. The molecular formula is C12H14F2N2O. The van der Waals surface area contributed by atoms with Crippen LogP contribution >= 0.6 is 0 Å². The van der Waals surface area contributed by atoms with Gasteiger partial charge in [-0.15, -0.1) is 0 Å². The van der Waals surface area contributed by atoms with E-state index in [1.807, 2.05) is 6.07 Å². The highest BCUT2D eigenvalue weighted by atomic mass is 19.2. The van der Waals surface area contributed by atoms with Crippen molar-refractivity contribution in [2.45, 2.75) is 31.9 Å². The minimum atomic E-state index is -1.05. The van der Waals surface area contributed by atoms with Crippen LogP contribution < -0.4 is 10.5 Å². The van der Waals surface area contributed by atoms with E-state index in [9.17, 15) is 8.78 Å². The quantitative estimate of drug-likeness (QED) is 0.878. The number of nitriles is 1. The maximum Gasteiger partial charge on any atom is 0.200 e. The van der Waals surface area contributed by atoms with Gasteiger partial charge in [0.15, 0.2) is 11.6 Å². The van der Waals surface area contributed by atoms with Gasteiger partial charge in [-0.1, -0.05) is 6.07 Å². The summed E-state index contributed by atoms with van der Waals surface area (Å²) in [6, 6.07) is 5.61. The Hall–Kier alpha value is -1.67. The Morgan fingerprint density at radius 1 is 1.53 bits per heavy atom. The number of halogens is 2. The van der Waals surface area contributed by atoms with E-state index in [0.29, 0.717) is 0 Å². The number of nitrogens with two attached hydrogens (primary N) is 1. The Labute approximate surface area is 98.8 Å². The highest BCUT2D eigenvalue weighted by Gasteiger charge is 2.23. The normalized spacial score (nSPS) is 15.8. The SMILES string of the molecule is CC(CC(C)(N)C#N)Oc1cccc(F)c1F. The van der Waals surface area contributed by atoms with Crippen LogP contribution in [0.5, 0.6) is 5.75 Å². The zero-order valence-electron chi connectivity index (χ0n) is 9.71. The second-order valence-corrected chi connectivity index (χ2v) is 4.21. The van der Waals surface area contributed by atoms with Gasteiger partial charge in [0.1, 0.15) is 5.54 Å². The van der Waals surface area contributed by atoms with Gasteiger partial charge < -0.3 is 10.5 Å². The first-order valence-electron chi connectivity index (χ1n) is 5.16. The molecule has 2 atom stereocenters. The van der Waals surface area contributed by atoms with Gasteiger partial charge in [0.25, 0.3) is 0 Å². The minimum Gasteiger partial charge on any atom is -0.487 e. The van der Waals surface area contributed by atoms with Crippen LogP contribution in [0.15, 0.2) is 18.2 Å². The van der Waals surface area contributed by atoms with Crippen LogP contribution in [0.1, 0.15) is 20.3 Å². The number of ether oxygens (including phenoxy) is 1. The van der Waals surface area contributed by atoms with E-state index >= 15 is 0 Å². The first kappa shape index (κ1) is 13.4. The van der Waals surface area contributed by atoms with Gasteiger partial charge >= 0.3 is 0 Å². The topological polar surface area (TPSA) is 59.0 Å². The molecule has 2 N–H and O–H groups in total. The fraction of sp³-hybridized carbons (Fsp3) is 0.417. The van der Waals surface area contributed by atoms with Crippen LogP contribution in [0, 0.1) is 23.0 Å². The Morgan fingerprint density at radius 3 is 2.76 bits per heavy atom. The molecule has 92 valence electrons. The number of benzene rings is 1. The van der Waals surface area contributed by atoms with E-state index < -0.39 is 23.3 Å². The molecule has 0 aromatic heterocycles. The molecule has 3 nitrogen and oxygen atoms in total. The second kappa shape index (κ2) is 5.11. The summed E-state index contributed by atoms with van der Waals surface area (Å²) >= 11 is 0. The van der Waals surface area contributed by atoms with Gasteiger partial charge in [0.05, 0.1) is 12.2 Å². The Morgan fingerprint density at radius 2 is 2.18 bits per heavy atom. The summed E-state index contributed by atoms with van der Waals surface area (Å²) in [7, 11) is 0. The lowest BCUT2D eigenvalue weighted by molar-refractivity contribution is 0.181. The molecule has 0 bridgehead atoms. The predicted octanol–water partition coefficient (Wildman–Crippen LogP) is 2.36. The van der Waals surface area contributed by atoms with Gasteiger partial charge in [-0.3, -0.25) is 0 Å². The average Bonchev–Trinajstić information content (AvgIpc) is 2.24. The average molecular weight is 240 g/mol. The Kier molecular flexibility index (Phi) is 4.02. The lowest BCUT2D eigenvalue weighted by Gasteiger charge is -2.21. The molecule has 1 aromatic carbocycles. The lowest BCUT2D eigenvalue weighted by Crippen LogP contribution is -2.38. The van der Waals surface area contributed by atoms with Crippen molar-refractivity contribution in [1.82, 2.24) is 0 Å². The molecule has 0 heterocycles. The molecule has 0 saturated heterocycles. The third-order valence-electron chi connectivity index (χ3n) is 2.21. The summed E-state index contributed by atoms with van der Waals surface area (Å²) in [5, 5.41) is 8.74. The standard InChI is InChI=1S/C12H14F2N2O/c1-8(6-12(2,16)7-15)17-10-5-3-4-9(13)11(10)14/h3-5,8H,6,16H2,1-2H3. The van der Waals surface area contributed by atoms with Gasteiger partial charge in [-0.05, 0) is 26.0 Å². The van der Waals surface area contributed by atoms with Crippen molar-refractivity contribution < 1.29 is 13.5 Å². The summed E-state index contributed by atoms with van der Waals surface area (Å²) in [4.78, 5) is 0. The molecule has 1 rings (SSSR count).